The van der Waals surface area contributed by atoms with E-state index in [-0.39, 0.29) is 40.7 Å². The lowest BCUT2D eigenvalue weighted by atomic mass is 9.46. The molecule has 1 N–H and O–H groups in total. The molecule has 2 rings (SSSR count). The highest BCUT2D eigenvalue weighted by Crippen LogP contribution is 2.62. The standard InChI is InChI=1S/C23H36O5/c1-14(10-21(26)27-7)8-9-22(5)16(3)19(28-17(4)24)13-23(6)15(2)11-18(25)12-20(22)23/h10-11,16,18-20,25H,8-9,12-13H2,1-7H3. The van der Waals surface area contributed by atoms with Gasteiger partial charge in [0.05, 0.1) is 13.2 Å². The van der Waals surface area contributed by atoms with E-state index in [4.69, 9.17) is 9.47 Å². The first-order chi connectivity index (χ1) is 12.9. The highest BCUT2D eigenvalue weighted by atomic mass is 16.5. The summed E-state index contributed by atoms with van der Waals surface area (Å²) in [7, 11) is 1.38. The van der Waals surface area contributed by atoms with E-state index in [9.17, 15) is 14.7 Å². The number of fused-ring (bicyclic) bond motifs is 1. The maximum atomic E-state index is 11.7. The number of aliphatic hydroxyl groups is 1. The van der Waals surface area contributed by atoms with Crippen LogP contribution >= 0.6 is 0 Å². The topological polar surface area (TPSA) is 72.8 Å². The Morgan fingerprint density at radius 2 is 1.96 bits per heavy atom. The lowest BCUT2D eigenvalue weighted by molar-refractivity contribution is -0.172. The first-order valence-electron chi connectivity index (χ1n) is 10.2. The molecule has 1 saturated carbocycles. The van der Waals surface area contributed by atoms with Gasteiger partial charge in [-0.25, -0.2) is 4.79 Å². The maximum absolute atomic E-state index is 11.7. The second kappa shape index (κ2) is 8.40. The monoisotopic (exact) mass is 392 g/mol. The summed E-state index contributed by atoms with van der Waals surface area (Å²) in [4.78, 5) is 23.3. The average molecular weight is 393 g/mol. The molecule has 0 saturated heterocycles. The molecule has 0 bridgehead atoms. The molecule has 0 aromatic rings. The van der Waals surface area contributed by atoms with E-state index in [0.29, 0.717) is 6.42 Å². The molecule has 0 spiro atoms. The molecule has 0 amide bonds. The molecule has 0 heterocycles. The Bertz CT molecular complexity index is 678. The molecule has 1 fully saturated rings. The van der Waals surface area contributed by atoms with E-state index >= 15 is 0 Å². The van der Waals surface area contributed by atoms with Gasteiger partial charge in [0, 0.05) is 13.0 Å². The van der Waals surface area contributed by atoms with Crippen molar-refractivity contribution < 1.29 is 24.2 Å². The van der Waals surface area contributed by atoms with Crippen molar-refractivity contribution in [1.82, 2.24) is 0 Å². The number of esters is 2. The van der Waals surface area contributed by atoms with Crippen LogP contribution in [0.5, 0.6) is 0 Å². The number of hydrogen-bond donors (Lipinski definition) is 1. The fourth-order valence-electron chi connectivity index (χ4n) is 5.52. The van der Waals surface area contributed by atoms with Crippen LogP contribution in [0.1, 0.15) is 67.2 Å². The minimum atomic E-state index is -0.443. The minimum absolute atomic E-state index is 0.124. The van der Waals surface area contributed by atoms with E-state index in [0.717, 1.165) is 24.8 Å². The molecule has 2 aliphatic carbocycles. The molecule has 2 aliphatic rings. The van der Waals surface area contributed by atoms with Crippen LogP contribution in [0.25, 0.3) is 0 Å². The largest absolute Gasteiger partial charge is 0.466 e. The van der Waals surface area contributed by atoms with Crippen LogP contribution in [0.4, 0.5) is 0 Å². The van der Waals surface area contributed by atoms with Crippen LogP contribution in [-0.4, -0.2) is 36.4 Å². The Hall–Kier alpha value is -1.62. The normalized spacial score (nSPS) is 38.3. The molecule has 28 heavy (non-hydrogen) atoms. The van der Waals surface area contributed by atoms with E-state index in [1.807, 2.05) is 13.0 Å². The third-order valence-corrected chi connectivity index (χ3v) is 7.55. The van der Waals surface area contributed by atoms with Crippen LogP contribution in [-0.2, 0) is 19.1 Å². The second-order valence-corrected chi connectivity index (χ2v) is 9.28. The Morgan fingerprint density at radius 3 is 2.54 bits per heavy atom. The highest BCUT2D eigenvalue weighted by molar-refractivity contribution is 5.82. The second-order valence-electron chi connectivity index (χ2n) is 9.28. The Kier molecular flexibility index (Phi) is 6.80. The summed E-state index contributed by atoms with van der Waals surface area (Å²) in [6.45, 7) is 12.2. The summed E-state index contributed by atoms with van der Waals surface area (Å²) in [5.74, 6) is -0.166. The number of aliphatic hydroxyl groups excluding tert-OH is 1. The van der Waals surface area contributed by atoms with Crippen molar-refractivity contribution >= 4 is 11.9 Å². The van der Waals surface area contributed by atoms with Gasteiger partial charge in [-0.1, -0.05) is 38.0 Å². The van der Waals surface area contributed by atoms with Gasteiger partial charge in [-0.3, -0.25) is 4.79 Å². The molecular weight excluding hydrogens is 356 g/mol. The summed E-state index contributed by atoms with van der Waals surface area (Å²) in [5.41, 5.74) is 1.88. The van der Waals surface area contributed by atoms with Gasteiger partial charge in [0.15, 0.2) is 0 Å². The van der Waals surface area contributed by atoms with E-state index in [1.54, 1.807) is 6.08 Å². The van der Waals surface area contributed by atoms with Crippen molar-refractivity contribution in [1.29, 1.82) is 0 Å². The molecule has 5 heteroatoms. The Labute approximate surface area is 169 Å². The van der Waals surface area contributed by atoms with Crippen molar-refractivity contribution in [3.63, 3.8) is 0 Å². The molecular formula is C23H36O5. The fourth-order valence-corrected chi connectivity index (χ4v) is 5.52. The van der Waals surface area contributed by atoms with Gasteiger partial charge in [0.2, 0.25) is 0 Å². The third-order valence-electron chi connectivity index (χ3n) is 7.55. The van der Waals surface area contributed by atoms with Crippen molar-refractivity contribution in [3.05, 3.63) is 23.3 Å². The van der Waals surface area contributed by atoms with Crippen LogP contribution in [0, 0.1) is 22.7 Å². The zero-order valence-electron chi connectivity index (χ0n) is 18.4. The number of carbonyl (C=O) groups excluding carboxylic acids is 2. The number of carbonyl (C=O) groups is 2. The van der Waals surface area contributed by atoms with Crippen LogP contribution < -0.4 is 0 Å². The van der Waals surface area contributed by atoms with Crippen molar-refractivity contribution in [2.45, 2.75) is 79.4 Å². The van der Waals surface area contributed by atoms with Gasteiger partial charge in [-0.15, -0.1) is 0 Å². The van der Waals surface area contributed by atoms with Crippen molar-refractivity contribution in [2.75, 3.05) is 7.11 Å². The Balaban J connectivity index is 2.39. The number of hydrogen-bond acceptors (Lipinski definition) is 5. The van der Waals surface area contributed by atoms with Crippen LogP contribution in [0.3, 0.4) is 0 Å². The molecule has 6 unspecified atom stereocenters. The van der Waals surface area contributed by atoms with Gasteiger partial charge in [-0.2, -0.15) is 0 Å². The van der Waals surface area contributed by atoms with E-state index < -0.39 is 6.10 Å². The number of ether oxygens (including phenoxy) is 2. The number of rotatable bonds is 5. The van der Waals surface area contributed by atoms with Gasteiger partial charge in [-0.05, 0) is 62.2 Å². The number of allylic oxidation sites excluding steroid dienone is 2. The lowest BCUT2D eigenvalue weighted by Crippen LogP contribution is -2.57. The summed E-state index contributed by atoms with van der Waals surface area (Å²) in [6, 6.07) is 0. The van der Waals surface area contributed by atoms with Gasteiger partial charge in [0.25, 0.3) is 0 Å². The predicted octanol–water partition coefficient (Wildman–Crippen LogP) is 4.20. The zero-order valence-corrected chi connectivity index (χ0v) is 18.4. The van der Waals surface area contributed by atoms with Crippen molar-refractivity contribution in [3.8, 4) is 0 Å². The molecule has 6 atom stereocenters. The van der Waals surface area contributed by atoms with Crippen LogP contribution in [0.15, 0.2) is 23.3 Å². The quantitative estimate of drug-likeness (QED) is 0.431. The van der Waals surface area contributed by atoms with Crippen molar-refractivity contribution in [2.24, 2.45) is 22.7 Å². The summed E-state index contributed by atoms with van der Waals surface area (Å²) in [6.07, 6.45) is 6.00. The van der Waals surface area contributed by atoms with Gasteiger partial charge < -0.3 is 14.6 Å². The average Bonchev–Trinajstić information content (AvgIpc) is 2.60. The Morgan fingerprint density at radius 1 is 1.32 bits per heavy atom. The highest BCUT2D eigenvalue weighted by Gasteiger charge is 2.58. The molecule has 0 aliphatic heterocycles. The molecule has 158 valence electrons. The minimum Gasteiger partial charge on any atom is -0.466 e. The summed E-state index contributed by atoms with van der Waals surface area (Å²) >= 11 is 0. The van der Waals surface area contributed by atoms with E-state index in [1.165, 1.54) is 19.6 Å². The maximum Gasteiger partial charge on any atom is 0.330 e. The molecule has 0 radical (unpaired) electrons. The summed E-state index contributed by atoms with van der Waals surface area (Å²) in [5, 5.41) is 10.5. The molecule has 0 aromatic carbocycles. The van der Waals surface area contributed by atoms with Gasteiger partial charge >= 0.3 is 11.9 Å². The zero-order chi connectivity index (χ0) is 21.3. The van der Waals surface area contributed by atoms with Gasteiger partial charge in [0.1, 0.15) is 6.10 Å². The van der Waals surface area contributed by atoms with E-state index in [2.05, 4.69) is 27.7 Å². The fraction of sp³-hybridized carbons (Fsp3) is 0.739. The molecule has 0 aromatic heterocycles. The predicted molar refractivity (Wildman–Crippen MR) is 108 cm³/mol. The van der Waals surface area contributed by atoms with Crippen LogP contribution in [0.2, 0.25) is 0 Å². The summed E-state index contributed by atoms with van der Waals surface area (Å²) < 4.78 is 10.5. The lowest BCUT2D eigenvalue weighted by Gasteiger charge is -2.60. The SMILES string of the molecule is COC(=O)C=C(C)CCC1(C)C(C)C(OC(C)=O)CC2(C)C(C)=CC(O)CC21. The smallest absolute Gasteiger partial charge is 0.330 e. The molecule has 5 nitrogen and oxygen atoms in total. The number of methoxy groups -OCH3 is 1. The first kappa shape index (κ1) is 22.7. The third kappa shape index (κ3) is 4.35. The first-order valence-corrected chi connectivity index (χ1v) is 10.2.